The molecule has 0 aliphatic heterocycles. The molecular formula is C18H27N3. The van der Waals surface area contributed by atoms with Gasteiger partial charge in [0.05, 0.1) is 5.69 Å². The van der Waals surface area contributed by atoms with Crippen molar-refractivity contribution in [3.63, 3.8) is 0 Å². The second-order valence-corrected chi connectivity index (χ2v) is 6.06. The first-order valence-corrected chi connectivity index (χ1v) is 7.85. The monoisotopic (exact) mass is 285 g/mol. The van der Waals surface area contributed by atoms with Gasteiger partial charge in [0.15, 0.2) is 0 Å². The molecule has 1 atom stereocenters. The van der Waals surface area contributed by atoms with E-state index in [1.165, 1.54) is 16.7 Å². The van der Waals surface area contributed by atoms with Crippen molar-refractivity contribution in [3.05, 3.63) is 52.8 Å². The van der Waals surface area contributed by atoms with Gasteiger partial charge in [-0.3, -0.25) is 4.68 Å². The lowest BCUT2D eigenvalue weighted by Gasteiger charge is -2.20. The van der Waals surface area contributed by atoms with Crippen LogP contribution in [-0.4, -0.2) is 16.3 Å². The third-order valence-electron chi connectivity index (χ3n) is 3.87. The van der Waals surface area contributed by atoms with Gasteiger partial charge in [-0.1, -0.05) is 30.7 Å². The third-order valence-corrected chi connectivity index (χ3v) is 3.87. The summed E-state index contributed by atoms with van der Waals surface area (Å²) in [4.78, 5) is 0. The first-order chi connectivity index (χ1) is 10.0. The molecule has 0 aliphatic rings. The summed E-state index contributed by atoms with van der Waals surface area (Å²) in [5, 5.41) is 8.29. The van der Waals surface area contributed by atoms with Crippen LogP contribution in [0.5, 0.6) is 0 Å². The molecule has 1 N–H and O–H groups in total. The van der Waals surface area contributed by atoms with Crippen molar-refractivity contribution in [2.24, 2.45) is 0 Å². The van der Waals surface area contributed by atoms with Crippen LogP contribution in [0.15, 0.2) is 30.5 Å². The fraction of sp³-hybridized carbons (Fsp3) is 0.500. The predicted octanol–water partition coefficient (Wildman–Crippen LogP) is 3.97. The standard InChI is InChI=1S/C18H27N3/c1-6-19-18(17-11-14(4)7-8-15(17)5)12-16-9-10-21(20-16)13(2)3/h7-11,13,18-19H,6,12H2,1-5H3. The van der Waals surface area contributed by atoms with Crippen LogP contribution in [-0.2, 0) is 6.42 Å². The lowest BCUT2D eigenvalue weighted by atomic mass is 9.95. The van der Waals surface area contributed by atoms with E-state index < -0.39 is 0 Å². The Balaban J connectivity index is 2.23. The molecule has 1 unspecified atom stereocenters. The fourth-order valence-electron chi connectivity index (χ4n) is 2.66. The van der Waals surface area contributed by atoms with Crippen molar-refractivity contribution in [1.82, 2.24) is 15.1 Å². The zero-order valence-electron chi connectivity index (χ0n) is 13.9. The minimum atomic E-state index is 0.324. The number of likely N-dealkylation sites (N-methyl/N-ethyl adjacent to an activating group) is 1. The van der Waals surface area contributed by atoms with Gasteiger partial charge in [-0.05, 0) is 51.4 Å². The molecule has 0 bridgehead atoms. The molecule has 1 aromatic heterocycles. The zero-order chi connectivity index (χ0) is 15.4. The molecule has 21 heavy (non-hydrogen) atoms. The molecule has 0 aliphatic carbocycles. The normalized spacial score (nSPS) is 12.9. The van der Waals surface area contributed by atoms with Crippen LogP contribution in [0.3, 0.4) is 0 Å². The van der Waals surface area contributed by atoms with Crippen LogP contribution in [0.25, 0.3) is 0 Å². The molecule has 3 heteroatoms. The molecular weight excluding hydrogens is 258 g/mol. The van der Waals surface area contributed by atoms with Gasteiger partial charge in [0.2, 0.25) is 0 Å². The van der Waals surface area contributed by atoms with Gasteiger partial charge in [-0.15, -0.1) is 0 Å². The summed E-state index contributed by atoms with van der Waals surface area (Å²) >= 11 is 0. The van der Waals surface area contributed by atoms with E-state index in [1.807, 2.05) is 4.68 Å². The van der Waals surface area contributed by atoms with Crippen LogP contribution in [0, 0.1) is 13.8 Å². The molecule has 2 aromatic rings. The molecule has 114 valence electrons. The quantitative estimate of drug-likeness (QED) is 0.870. The summed E-state index contributed by atoms with van der Waals surface area (Å²) in [6, 6.07) is 9.55. The highest BCUT2D eigenvalue weighted by molar-refractivity contribution is 5.33. The highest BCUT2D eigenvalue weighted by atomic mass is 15.3. The number of hydrogen-bond donors (Lipinski definition) is 1. The van der Waals surface area contributed by atoms with Crippen LogP contribution < -0.4 is 5.32 Å². The Labute approximate surface area is 128 Å². The smallest absolute Gasteiger partial charge is 0.0643 e. The van der Waals surface area contributed by atoms with E-state index in [9.17, 15) is 0 Å². The van der Waals surface area contributed by atoms with E-state index in [0.29, 0.717) is 12.1 Å². The highest BCUT2D eigenvalue weighted by Crippen LogP contribution is 2.23. The van der Waals surface area contributed by atoms with Crippen LogP contribution in [0.1, 0.15) is 55.2 Å². The van der Waals surface area contributed by atoms with E-state index in [2.05, 4.69) is 75.5 Å². The summed E-state index contributed by atoms with van der Waals surface area (Å²) in [6.07, 6.45) is 3.00. The van der Waals surface area contributed by atoms with Crippen LogP contribution >= 0.6 is 0 Å². The maximum Gasteiger partial charge on any atom is 0.0643 e. The second-order valence-electron chi connectivity index (χ2n) is 6.06. The summed E-state index contributed by atoms with van der Waals surface area (Å²) in [5.74, 6) is 0. The Morgan fingerprint density at radius 1 is 1.19 bits per heavy atom. The maximum absolute atomic E-state index is 4.69. The number of hydrogen-bond acceptors (Lipinski definition) is 2. The van der Waals surface area contributed by atoms with Gasteiger partial charge in [0.1, 0.15) is 0 Å². The minimum Gasteiger partial charge on any atom is -0.310 e. The molecule has 0 radical (unpaired) electrons. The van der Waals surface area contributed by atoms with Crippen molar-refractivity contribution < 1.29 is 0 Å². The summed E-state index contributed by atoms with van der Waals surface area (Å²) in [7, 11) is 0. The number of aromatic nitrogens is 2. The van der Waals surface area contributed by atoms with Gasteiger partial charge in [-0.25, -0.2) is 0 Å². The van der Waals surface area contributed by atoms with Gasteiger partial charge in [-0.2, -0.15) is 5.10 Å². The van der Waals surface area contributed by atoms with Gasteiger partial charge >= 0.3 is 0 Å². The van der Waals surface area contributed by atoms with Gasteiger partial charge in [0, 0.05) is 24.7 Å². The molecule has 0 amide bonds. The third kappa shape index (κ3) is 3.94. The lowest BCUT2D eigenvalue weighted by molar-refractivity contribution is 0.505. The Morgan fingerprint density at radius 3 is 2.57 bits per heavy atom. The average Bonchev–Trinajstić information content (AvgIpc) is 2.90. The second kappa shape index (κ2) is 6.90. The van der Waals surface area contributed by atoms with Crippen molar-refractivity contribution >= 4 is 0 Å². The number of aryl methyl sites for hydroxylation is 2. The van der Waals surface area contributed by atoms with E-state index in [0.717, 1.165) is 18.7 Å². The number of rotatable bonds is 6. The zero-order valence-corrected chi connectivity index (χ0v) is 13.9. The van der Waals surface area contributed by atoms with E-state index in [4.69, 9.17) is 0 Å². The van der Waals surface area contributed by atoms with Crippen molar-refractivity contribution in [2.45, 2.75) is 53.1 Å². The van der Waals surface area contributed by atoms with Crippen molar-refractivity contribution in [3.8, 4) is 0 Å². The van der Waals surface area contributed by atoms with E-state index >= 15 is 0 Å². The molecule has 3 nitrogen and oxygen atoms in total. The van der Waals surface area contributed by atoms with Gasteiger partial charge < -0.3 is 5.32 Å². The molecule has 2 rings (SSSR count). The summed E-state index contributed by atoms with van der Waals surface area (Å²) < 4.78 is 2.03. The Bertz CT molecular complexity index is 584. The SMILES string of the molecule is CCNC(Cc1ccn(C(C)C)n1)c1cc(C)ccc1C. The molecule has 1 heterocycles. The summed E-state index contributed by atoms with van der Waals surface area (Å²) in [5.41, 5.74) is 5.19. The van der Waals surface area contributed by atoms with Crippen molar-refractivity contribution in [2.75, 3.05) is 6.54 Å². The van der Waals surface area contributed by atoms with Crippen LogP contribution in [0.2, 0.25) is 0 Å². The van der Waals surface area contributed by atoms with Crippen LogP contribution in [0.4, 0.5) is 0 Å². The molecule has 0 saturated carbocycles. The predicted molar refractivity (Wildman–Crippen MR) is 88.6 cm³/mol. The topological polar surface area (TPSA) is 29.9 Å². The lowest BCUT2D eigenvalue weighted by Crippen LogP contribution is -2.24. The average molecular weight is 285 g/mol. The summed E-state index contributed by atoms with van der Waals surface area (Å²) in [6.45, 7) is 11.8. The van der Waals surface area contributed by atoms with Gasteiger partial charge in [0.25, 0.3) is 0 Å². The minimum absolute atomic E-state index is 0.324. The largest absolute Gasteiger partial charge is 0.310 e. The van der Waals surface area contributed by atoms with E-state index in [-0.39, 0.29) is 0 Å². The van der Waals surface area contributed by atoms with Crippen molar-refractivity contribution in [1.29, 1.82) is 0 Å². The molecule has 0 spiro atoms. The maximum atomic E-state index is 4.69. The Kier molecular flexibility index (Phi) is 5.18. The number of nitrogens with one attached hydrogen (secondary N) is 1. The Morgan fingerprint density at radius 2 is 1.95 bits per heavy atom. The number of benzene rings is 1. The molecule has 1 aromatic carbocycles. The molecule has 0 fully saturated rings. The molecule has 0 saturated heterocycles. The first-order valence-electron chi connectivity index (χ1n) is 7.85. The number of nitrogens with zero attached hydrogens (tertiary/aromatic N) is 2. The Hall–Kier alpha value is -1.61. The first kappa shape index (κ1) is 15.8. The highest BCUT2D eigenvalue weighted by Gasteiger charge is 2.15. The fourth-order valence-corrected chi connectivity index (χ4v) is 2.66. The van der Waals surface area contributed by atoms with E-state index in [1.54, 1.807) is 0 Å².